The first kappa shape index (κ1) is 13.3. The van der Waals surface area contributed by atoms with Crippen LogP contribution in [0.5, 0.6) is 0 Å². The van der Waals surface area contributed by atoms with Crippen LogP contribution in [0.2, 0.25) is 0 Å². The Morgan fingerprint density at radius 1 is 0.947 bits per heavy atom. The average Bonchev–Trinajstić information content (AvgIpc) is 2.49. The smallest absolute Gasteiger partial charge is 0.101 e. The summed E-state index contributed by atoms with van der Waals surface area (Å²) >= 11 is 0. The first-order chi connectivity index (χ1) is 9.35. The summed E-state index contributed by atoms with van der Waals surface area (Å²) in [6, 6.07) is 18.2. The van der Waals surface area contributed by atoms with Gasteiger partial charge in [0.2, 0.25) is 0 Å². The Labute approximate surface area is 114 Å². The highest BCUT2D eigenvalue weighted by molar-refractivity contribution is 5.51. The molecule has 0 fully saturated rings. The molecule has 19 heavy (non-hydrogen) atoms. The van der Waals surface area contributed by atoms with Gasteiger partial charge in [0.1, 0.15) is 6.10 Å². The van der Waals surface area contributed by atoms with Gasteiger partial charge in [-0.2, -0.15) is 0 Å². The van der Waals surface area contributed by atoms with Crippen LogP contribution in [-0.4, -0.2) is 0 Å². The van der Waals surface area contributed by atoms with Crippen LogP contribution in [0.3, 0.4) is 0 Å². The Morgan fingerprint density at radius 2 is 1.63 bits per heavy atom. The first-order valence-electron chi connectivity index (χ1n) is 6.34. The summed E-state index contributed by atoms with van der Waals surface area (Å²) in [7, 11) is 0. The molecule has 0 saturated carbocycles. The molecule has 1 atom stereocenters. The van der Waals surface area contributed by atoms with Gasteiger partial charge in [-0.05, 0) is 16.7 Å². The highest BCUT2D eigenvalue weighted by atomic mass is 16.5. The van der Waals surface area contributed by atoms with Crippen molar-refractivity contribution in [1.82, 2.24) is 0 Å². The van der Waals surface area contributed by atoms with E-state index in [2.05, 4.69) is 19.2 Å². The largest absolute Gasteiger partial charge is 0.365 e. The standard InChI is InChI=1S/C18H18O/c1-3-15-10-8-9-13-17(15)14-19-18(4-2)16-11-6-5-7-12-16/h3-13,18H,1-2,14H2. The number of rotatable bonds is 6. The van der Waals surface area contributed by atoms with Crippen LogP contribution < -0.4 is 0 Å². The molecular weight excluding hydrogens is 232 g/mol. The van der Waals surface area contributed by atoms with E-state index < -0.39 is 0 Å². The van der Waals surface area contributed by atoms with Crippen LogP contribution in [0.25, 0.3) is 6.08 Å². The molecule has 1 nitrogen and oxygen atoms in total. The van der Waals surface area contributed by atoms with E-state index in [1.165, 1.54) is 0 Å². The lowest BCUT2D eigenvalue weighted by molar-refractivity contribution is 0.0720. The third-order valence-electron chi connectivity index (χ3n) is 3.04. The Balaban J connectivity index is 2.08. The van der Waals surface area contributed by atoms with E-state index in [0.717, 1.165) is 16.7 Å². The van der Waals surface area contributed by atoms with Gasteiger partial charge in [-0.25, -0.2) is 0 Å². The van der Waals surface area contributed by atoms with Crippen molar-refractivity contribution < 1.29 is 4.74 Å². The lowest BCUT2D eigenvalue weighted by Crippen LogP contribution is -2.02. The zero-order valence-corrected chi connectivity index (χ0v) is 11.0. The Hall–Kier alpha value is -2.12. The molecule has 2 rings (SSSR count). The minimum Gasteiger partial charge on any atom is -0.365 e. The highest BCUT2D eigenvalue weighted by Gasteiger charge is 2.08. The fraction of sp³-hybridized carbons (Fsp3) is 0.111. The van der Waals surface area contributed by atoms with E-state index >= 15 is 0 Å². The van der Waals surface area contributed by atoms with Gasteiger partial charge in [0.05, 0.1) is 6.61 Å². The van der Waals surface area contributed by atoms with Gasteiger partial charge in [-0.1, -0.05) is 73.3 Å². The van der Waals surface area contributed by atoms with E-state index in [-0.39, 0.29) is 6.10 Å². The van der Waals surface area contributed by atoms with Gasteiger partial charge in [0.15, 0.2) is 0 Å². The summed E-state index contributed by atoms with van der Waals surface area (Å²) in [4.78, 5) is 0. The van der Waals surface area contributed by atoms with Gasteiger partial charge in [-0.15, -0.1) is 6.58 Å². The molecule has 0 spiro atoms. The van der Waals surface area contributed by atoms with Crippen molar-refractivity contribution in [2.75, 3.05) is 0 Å². The fourth-order valence-corrected chi connectivity index (χ4v) is 1.99. The number of benzene rings is 2. The quantitative estimate of drug-likeness (QED) is 0.671. The van der Waals surface area contributed by atoms with Crippen LogP contribution in [0.4, 0.5) is 0 Å². The molecular formula is C18H18O. The fourth-order valence-electron chi connectivity index (χ4n) is 1.99. The summed E-state index contributed by atoms with van der Waals surface area (Å²) in [5.41, 5.74) is 3.37. The topological polar surface area (TPSA) is 9.23 Å². The van der Waals surface area contributed by atoms with Crippen molar-refractivity contribution in [2.45, 2.75) is 12.7 Å². The van der Waals surface area contributed by atoms with Crippen LogP contribution in [0.15, 0.2) is 73.8 Å². The van der Waals surface area contributed by atoms with Crippen molar-refractivity contribution in [1.29, 1.82) is 0 Å². The maximum atomic E-state index is 5.94. The molecule has 0 aliphatic heterocycles. The molecule has 0 N–H and O–H groups in total. The van der Waals surface area contributed by atoms with Crippen LogP contribution >= 0.6 is 0 Å². The zero-order valence-electron chi connectivity index (χ0n) is 11.0. The van der Waals surface area contributed by atoms with Crippen molar-refractivity contribution in [3.8, 4) is 0 Å². The van der Waals surface area contributed by atoms with Gasteiger partial charge in [0, 0.05) is 0 Å². The van der Waals surface area contributed by atoms with E-state index in [9.17, 15) is 0 Å². The molecule has 0 heterocycles. The van der Waals surface area contributed by atoms with Gasteiger partial charge >= 0.3 is 0 Å². The predicted octanol–water partition coefficient (Wildman–Crippen LogP) is 4.77. The first-order valence-corrected chi connectivity index (χ1v) is 6.34. The maximum absolute atomic E-state index is 5.94. The Morgan fingerprint density at radius 3 is 2.32 bits per heavy atom. The number of ether oxygens (including phenoxy) is 1. The molecule has 0 aliphatic carbocycles. The van der Waals surface area contributed by atoms with Crippen molar-refractivity contribution in [3.05, 3.63) is 90.5 Å². The van der Waals surface area contributed by atoms with Gasteiger partial charge in [-0.3, -0.25) is 0 Å². The summed E-state index contributed by atoms with van der Waals surface area (Å²) in [6.45, 7) is 8.22. The molecule has 0 amide bonds. The van der Waals surface area contributed by atoms with Crippen LogP contribution in [-0.2, 0) is 11.3 Å². The lowest BCUT2D eigenvalue weighted by Gasteiger charge is -2.15. The summed E-state index contributed by atoms with van der Waals surface area (Å²) < 4.78 is 5.94. The van der Waals surface area contributed by atoms with Crippen LogP contribution in [0.1, 0.15) is 22.8 Å². The molecule has 0 aliphatic rings. The van der Waals surface area contributed by atoms with Crippen molar-refractivity contribution >= 4 is 6.08 Å². The SMILES string of the molecule is C=Cc1ccccc1COC(C=C)c1ccccc1. The van der Waals surface area contributed by atoms with Crippen LogP contribution in [0, 0.1) is 0 Å². The van der Waals surface area contributed by atoms with Gasteiger partial charge < -0.3 is 4.74 Å². The minimum absolute atomic E-state index is 0.0842. The summed E-state index contributed by atoms with van der Waals surface area (Å²) in [5.74, 6) is 0. The minimum atomic E-state index is -0.0842. The Kier molecular flexibility index (Phi) is 4.71. The number of hydrogen-bond donors (Lipinski definition) is 0. The third-order valence-corrected chi connectivity index (χ3v) is 3.04. The molecule has 1 heteroatoms. The second-order valence-electron chi connectivity index (χ2n) is 4.28. The lowest BCUT2D eigenvalue weighted by atomic mass is 10.1. The van der Waals surface area contributed by atoms with Gasteiger partial charge in [0.25, 0.3) is 0 Å². The average molecular weight is 250 g/mol. The number of hydrogen-bond acceptors (Lipinski definition) is 1. The zero-order chi connectivity index (χ0) is 13.5. The third kappa shape index (κ3) is 3.43. The molecule has 0 aromatic heterocycles. The summed E-state index contributed by atoms with van der Waals surface area (Å²) in [6.07, 6.45) is 3.59. The maximum Gasteiger partial charge on any atom is 0.101 e. The monoisotopic (exact) mass is 250 g/mol. The second-order valence-corrected chi connectivity index (χ2v) is 4.28. The molecule has 96 valence electrons. The van der Waals surface area contributed by atoms with Crippen molar-refractivity contribution in [3.63, 3.8) is 0 Å². The second kappa shape index (κ2) is 6.72. The summed E-state index contributed by atoms with van der Waals surface area (Å²) in [5, 5.41) is 0. The predicted molar refractivity (Wildman–Crippen MR) is 80.7 cm³/mol. The van der Waals surface area contributed by atoms with Crippen molar-refractivity contribution in [2.24, 2.45) is 0 Å². The van der Waals surface area contributed by atoms with E-state index in [1.807, 2.05) is 60.7 Å². The normalized spacial score (nSPS) is 11.8. The molecule has 2 aromatic rings. The molecule has 2 aromatic carbocycles. The molecule has 0 saturated heterocycles. The molecule has 1 unspecified atom stereocenters. The Bertz CT molecular complexity index is 543. The molecule has 0 radical (unpaired) electrons. The van der Waals surface area contributed by atoms with E-state index in [0.29, 0.717) is 6.61 Å². The highest BCUT2D eigenvalue weighted by Crippen LogP contribution is 2.21. The van der Waals surface area contributed by atoms with E-state index in [1.54, 1.807) is 0 Å². The van der Waals surface area contributed by atoms with E-state index in [4.69, 9.17) is 4.74 Å². The molecule has 0 bridgehead atoms.